The van der Waals surface area contributed by atoms with Crippen LogP contribution in [0.2, 0.25) is 5.02 Å². The van der Waals surface area contributed by atoms with Gasteiger partial charge in [0.15, 0.2) is 0 Å². The summed E-state index contributed by atoms with van der Waals surface area (Å²) in [6.45, 7) is 6.85. The fourth-order valence-corrected chi connectivity index (χ4v) is 7.37. The molecular formula is C27H29ClN2O2S. The van der Waals surface area contributed by atoms with E-state index in [1.165, 1.54) is 0 Å². The molecule has 0 spiro atoms. The normalized spacial score (nSPS) is 24.1. The maximum Gasteiger partial charge on any atom is 0.243 e. The number of aryl methyl sites for hydroxylation is 1. The van der Waals surface area contributed by atoms with Crippen LogP contribution in [0.15, 0.2) is 77.7 Å². The highest BCUT2D eigenvalue weighted by molar-refractivity contribution is 7.89. The van der Waals surface area contributed by atoms with Crippen LogP contribution in [0.4, 0.5) is 5.69 Å². The third kappa shape index (κ3) is 3.86. The van der Waals surface area contributed by atoms with Gasteiger partial charge in [-0.25, -0.2) is 8.42 Å². The smallest absolute Gasteiger partial charge is 0.243 e. The molecule has 0 radical (unpaired) electrons. The maximum absolute atomic E-state index is 13.9. The summed E-state index contributed by atoms with van der Waals surface area (Å²) in [5.41, 5.74) is 4.12. The van der Waals surface area contributed by atoms with Crippen molar-refractivity contribution in [1.29, 1.82) is 0 Å². The lowest BCUT2D eigenvalue weighted by molar-refractivity contribution is 0.302. The van der Waals surface area contributed by atoms with E-state index in [-0.39, 0.29) is 23.4 Å². The Bertz CT molecular complexity index is 1270. The minimum absolute atomic E-state index is 0.00546. The first-order valence-electron chi connectivity index (χ1n) is 11.4. The van der Waals surface area contributed by atoms with Gasteiger partial charge in [-0.3, -0.25) is 0 Å². The van der Waals surface area contributed by atoms with E-state index < -0.39 is 10.0 Å². The fourth-order valence-electron chi connectivity index (χ4n) is 5.53. The SMILES string of the molecule is Cc1ccc(S(=O)(=O)N2C[C@H]3[C@@H](Nc4ccc(Cl)cc4C3(C)C)[C@@H]2Cc2ccccc2)cc1. The molecule has 3 atom stereocenters. The van der Waals surface area contributed by atoms with E-state index in [0.29, 0.717) is 22.9 Å². The van der Waals surface area contributed by atoms with E-state index in [1.54, 1.807) is 16.4 Å². The Hall–Kier alpha value is -2.34. The molecule has 0 unspecified atom stereocenters. The summed E-state index contributed by atoms with van der Waals surface area (Å²) in [6.07, 6.45) is 0.652. The van der Waals surface area contributed by atoms with Crippen LogP contribution in [0, 0.1) is 12.8 Å². The second kappa shape index (κ2) is 8.15. The molecule has 33 heavy (non-hydrogen) atoms. The summed E-state index contributed by atoms with van der Waals surface area (Å²) in [4.78, 5) is 0.350. The molecule has 1 saturated heterocycles. The lowest BCUT2D eigenvalue weighted by Gasteiger charge is -2.44. The van der Waals surface area contributed by atoms with Crippen LogP contribution in [0.5, 0.6) is 0 Å². The zero-order valence-corrected chi connectivity index (χ0v) is 20.7. The molecular weight excluding hydrogens is 452 g/mol. The maximum atomic E-state index is 13.9. The van der Waals surface area contributed by atoms with Gasteiger partial charge in [0.25, 0.3) is 0 Å². The average molecular weight is 481 g/mol. The van der Waals surface area contributed by atoms with Crippen molar-refractivity contribution in [3.8, 4) is 0 Å². The van der Waals surface area contributed by atoms with Crippen LogP contribution in [-0.4, -0.2) is 31.4 Å². The fraction of sp³-hybridized carbons (Fsp3) is 0.333. The van der Waals surface area contributed by atoms with Crippen LogP contribution in [-0.2, 0) is 21.9 Å². The van der Waals surface area contributed by atoms with Gasteiger partial charge in [-0.2, -0.15) is 4.31 Å². The molecule has 4 nitrogen and oxygen atoms in total. The Morgan fingerprint density at radius 3 is 2.42 bits per heavy atom. The molecule has 1 N–H and O–H groups in total. The molecule has 0 saturated carbocycles. The van der Waals surface area contributed by atoms with Gasteiger partial charge in [0.05, 0.1) is 4.90 Å². The van der Waals surface area contributed by atoms with Crippen LogP contribution in [0.3, 0.4) is 0 Å². The number of fused-ring (bicyclic) bond motifs is 2. The summed E-state index contributed by atoms with van der Waals surface area (Å²) < 4.78 is 29.5. The number of benzene rings is 3. The summed E-state index contributed by atoms with van der Waals surface area (Å²) in [5, 5.41) is 4.41. The molecule has 2 aliphatic heterocycles. The number of nitrogens with one attached hydrogen (secondary N) is 1. The first-order chi connectivity index (χ1) is 15.7. The first kappa shape index (κ1) is 22.5. The topological polar surface area (TPSA) is 49.4 Å². The molecule has 3 aromatic carbocycles. The third-order valence-electron chi connectivity index (χ3n) is 7.43. The van der Waals surface area contributed by atoms with E-state index >= 15 is 0 Å². The minimum Gasteiger partial charge on any atom is -0.380 e. The van der Waals surface area contributed by atoms with Gasteiger partial charge in [-0.05, 0) is 60.2 Å². The van der Waals surface area contributed by atoms with Gasteiger partial charge in [-0.15, -0.1) is 0 Å². The van der Waals surface area contributed by atoms with Crippen LogP contribution in [0.25, 0.3) is 0 Å². The quantitative estimate of drug-likeness (QED) is 0.524. The van der Waals surface area contributed by atoms with Crippen LogP contribution in [0.1, 0.15) is 30.5 Å². The molecule has 172 valence electrons. The molecule has 2 heterocycles. The zero-order valence-electron chi connectivity index (χ0n) is 19.1. The number of sulfonamides is 1. The molecule has 5 rings (SSSR count). The van der Waals surface area contributed by atoms with E-state index in [9.17, 15) is 8.42 Å². The highest BCUT2D eigenvalue weighted by Gasteiger charge is 2.55. The van der Waals surface area contributed by atoms with Crippen molar-refractivity contribution < 1.29 is 8.42 Å². The largest absolute Gasteiger partial charge is 0.380 e. The molecule has 1 fully saturated rings. The Kier molecular flexibility index (Phi) is 5.55. The highest BCUT2D eigenvalue weighted by Crippen LogP contribution is 2.49. The van der Waals surface area contributed by atoms with E-state index in [0.717, 1.165) is 22.4 Å². The molecule has 0 amide bonds. The molecule has 0 bridgehead atoms. The zero-order chi connectivity index (χ0) is 23.4. The van der Waals surface area contributed by atoms with Crippen molar-refractivity contribution in [2.24, 2.45) is 5.92 Å². The van der Waals surface area contributed by atoms with Crippen molar-refractivity contribution in [2.75, 3.05) is 11.9 Å². The summed E-state index contributed by atoms with van der Waals surface area (Å²) in [7, 11) is -3.66. The van der Waals surface area contributed by atoms with Gasteiger partial charge < -0.3 is 5.32 Å². The van der Waals surface area contributed by atoms with Crippen molar-refractivity contribution in [3.63, 3.8) is 0 Å². The lowest BCUT2D eigenvalue weighted by Crippen LogP contribution is -2.49. The Balaban J connectivity index is 1.60. The molecule has 0 aromatic heterocycles. The number of halogens is 1. The third-order valence-corrected chi connectivity index (χ3v) is 9.58. The molecule has 6 heteroatoms. The van der Waals surface area contributed by atoms with Gasteiger partial charge in [-0.1, -0.05) is 73.5 Å². The Morgan fingerprint density at radius 2 is 1.73 bits per heavy atom. The molecule has 0 aliphatic carbocycles. The standard InChI is InChI=1S/C27H29ClN2O2S/c1-18-9-12-21(13-10-18)33(31,32)30-17-23-26(25(30)15-19-7-5-4-6-8-19)29-24-14-11-20(28)16-22(24)27(23,2)3/h4-14,16,23,25-26,29H,15,17H2,1-3H3/t23-,25-,26+/m0/s1. The number of nitrogens with zero attached hydrogens (tertiary/aromatic N) is 1. The highest BCUT2D eigenvalue weighted by atomic mass is 35.5. The van der Waals surface area contributed by atoms with Gasteiger partial charge in [0, 0.05) is 35.3 Å². The first-order valence-corrected chi connectivity index (χ1v) is 13.2. The van der Waals surface area contributed by atoms with Crippen LogP contribution < -0.4 is 5.32 Å². The monoisotopic (exact) mass is 480 g/mol. The van der Waals surface area contributed by atoms with E-state index in [4.69, 9.17) is 11.6 Å². The summed E-state index contributed by atoms with van der Waals surface area (Å²) in [5.74, 6) is 0.109. The number of hydrogen-bond donors (Lipinski definition) is 1. The molecule has 3 aromatic rings. The minimum atomic E-state index is -3.66. The van der Waals surface area contributed by atoms with Gasteiger partial charge in [0.1, 0.15) is 0 Å². The van der Waals surface area contributed by atoms with Crippen molar-refractivity contribution in [1.82, 2.24) is 4.31 Å². The average Bonchev–Trinajstić information content (AvgIpc) is 3.15. The van der Waals surface area contributed by atoms with Crippen molar-refractivity contribution >= 4 is 27.3 Å². The Morgan fingerprint density at radius 1 is 1.03 bits per heavy atom. The van der Waals surface area contributed by atoms with E-state index in [2.05, 4.69) is 31.3 Å². The predicted molar refractivity (Wildman–Crippen MR) is 134 cm³/mol. The number of hydrogen-bond acceptors (Lipinski definition) is 3. The summed E-state index contributed by atoms with van der Waals surface area (Å²) in [6, 6.07) is 23.1. The van der Waals surface area contributed by atoms with E-state index in [1.807, 2.05) is 55.5 Å². The van der Waals surface area contributed by atoms with Crippen molar-refractivity contribution in [3.05, 3.63) is 94.5 Å². The van der Waals surface area contributed by atoms with Crippen molar-refractivity contribution in [2.45, 2.75) is 49.6 Å². The molecule has 2 aliphatic rings. The number of rotatable bonds is 4. The second-order valence-electron chi connectivity index (χ2n) is 9.83. The predicted octanol–water partition coefficient (Wildman–Crippen LogP) is 5.65. The lowest BCUT2D eigenvalue weighted by atomic mass is 9.67. The van der Waals surface area contributed by atoms with Gasteiger partial charge >= 0.3 is 0 Å². The number of anilines is 1. The van der Waals surface area contributed by atoms with Crippen LogP contribution >= 0.6 is 11.6 Å². The Labute approximate surface area is 201 Å². The second-order valence-corrected chi connectivity index (χ2v) is 12.2. The van der Waals surface area contributed by atoms with Gasteiger partial charge in [0.2, 0.25) is 10.0 Å². The summed E-state index contributed by atoms with van der Waals surface area (Å²) >= 11 is 6.34.